The average molecular weight is 403 g/mol. The number of aryl methyl sites for hydroxylation is 3. The van der Waals surface area contributed by atoms with Gasteiger partial charge >= 0.3 is 0 Å². The molecule has 0 fully saturated rings. The Kier molecular flexibility index (Phi) is 5.08. The summed E-state index contributed by atoms with van der Waals surface area (Å²) in [4.78, 5) is 4.68. The summed E-state index contributed by atoms with van der Waals surface area (Å²) in [5, 5.41) is 8.76. The van der Waals surface area contributed by atoms with Crippen LogP contribution >= 0.6 is 15.9 Å². The number of hydrogen-bond acceptors (Lipinski definition) is 4. The molecule has 0 aliphatic carbocycles. The summed E-state index contributed by atoms with van der Waals surface area (Å²) in [7, 11) is 0. The summed E-state index contributed by atoms with van der Waals surface area (Å²) < 4.78 is 9.04. The lowest BCUT2D eigenvalue weighted by molar-refractivity contribution is 0.195. The number of nitrogens with zero attached hydrogens (tertiary/aromatic N) is 4. The quantitative estimate of drug-likeness (QED) is 0.597. The summed E-state index contributed by atoms with van der Waals surface area (Å²) in [6.07, 6.45) is 2.09. The highest BCUT2D eigenvalue weighted by Gasteiger charge is 2.18. The van der Waals surface area contributed by atoms with Crippen LogP contribution in [0.1, 0.15) is 43.5 Å². The van der Waals surface area contributed by atoms with E-state index >= 15 is 0 Å². The van der Waals surface area contributed by atoms with Gasteiger partial charge in [-0.1, -0.05) is 35.0 Å². The first kappa shape index (κ1) is 17.9. The molecule has 0 amide bonds. The Hall–Kier alpha value is -1.95. The zero-order chi connectivity index (χ0) is 18.1. The first-order valence-electron chi connectivity index (χ1n) is 8.61. The van der Waals surface area contributed by atoms with E-state index in [-0.39, 0.29) is 6.10 Å². The summed E-state index contributed by atoms with van der Waals surface area (Å²) >= 11 is 3.55. The maximum Gasteiger partial charge on any atom is 0.187 e. The van der Waals surface area contributed by atoms with Crippen molar-refractivity contribution in [3.8, 4) is 11.4 Å². The highest BCUT2D eigenvalue weighted by molar-refractivity contribution is 9.10. The van der Waals surface area contributed by atoms with Crippen molar-refractivity contribution >= 4 is 27.1 Å². The fourth-order valence-corrected chi connectivity index (χ4v) is 3.79. The van der Waals surface area contributed by atoms with Gasteiger partial charge in [0.2, 0.25) is 0 Å². The third-order valence-electron chi connectivity index (χ3n) is 4.37. The van der Waals surface area contributed by atoms with Crippen LogP contribution in [0.2, 0.25) is 0 Å². The molecule has 0 aliphatic rings. The summed E-state index contributed by atoms with van der Waals surface area (Å²) in [6, 6.07) is 6.10. The fraction of sp³-hybridized carbons (Fsp3) is 0.421. The van der Waals surface area contributed by atoms with Crippen molar-refractivity contribution < 1.29 is 4.74 Å². The molecule has 3 rings (SSSR count). The van der Waals surface area contributed by atoms with E-state index in [1.54, 1.807) is 0 Å². The lowest BCUT2D eigenvalue weighted by Gasteiger charge is -2.16. The van der Waals surface area contributed by atoms with E-state index in [2.05, 4.69) is 71.1 Å². The van der Waals surface area contributed by atoms with Crippen molar-refractivity contribution in [1.82, 2.24) is 20.0 Å². The van der Waals surface area contributed by atoms with Crippen LogP contribution in [0, 0.1) is 20.8 Å². The molecule has 0 bridgehead atoms. The second-order valence-electron chi connectivity index (χ2n) is 6.38. The molecule has 2 aromatic heterocycles. The van der Waals surface area contributed by atoms with Crippen LogP contribution < -0.4 is 4.74 Å². The van der Waals surface area contributed by atoms with E-state index in [4.69, 9.17) is 4.74 Å². The SMILES string of the molecule is CCC(CC)Oc1cc(C)nc2c1nnn2-c1c(C)cc(Br)cc1C. The predicted molar refractivity (Wildman–Crippen MR) is 104 cm³/mol. The minimum atomic E-state index is 0.173. The Morgan fingerprint density at radius 2 is 1.72 bits per heavy atom. The van der Waals surface area contributed by atoms with Crippen LogP contribution in [0.3, 0.4) is 0 Å². The van der Waals surface area contributed by atoms with E-state index in [0.29, 0.717) is 5.52 Å². The predicted octanol–water partition coefficient (Wildman–Crippen LogP) is 5.07. The molecule has 5 nitrogen and oxygen atoms in total. The Bertz CT molecular complexity index is 892. The first-order chi connectivity index (χ1) is 11.9. The van der Waals surface area contributed by atoms with Crippen molar-refractivity contribution in [1.29, 1.82) is 0 Å². The van der Waals surface area contributed by atoms with Crippen LogP contribution in [0.5, 0.6) is 5.75 Å². The summed E-state index contributed by atoms with van der Waals surface area (Å²) in [5.41, 5.74) is 5.57. The lowest BCUT2D eigenvalue weighted by Crippen LogP contribution is -2.14. The van der Waals surface area contributed by atoms with E-state index in [1.165, 1.54) is 0 Å². The Morgan fingerprint density at radius 1 is 1.08 bits per heavy atom. The average Bonchev–Trinajstić information content (AvgIpc) is 2.95. The van der Waals surface area contributed by atoms with Crippen LogP contribution in [0.4, 0.5) is 0 Å². The normalized spacial score (nSPS) is 11.5. The van der Waals surface area contributed by atoms with Gasteiger partial charge in [0.25, 0.3) is 0 Å². The molecular formula is C19H23BrN4O. The van der Waals surface area contributed by atoms with Gasteiger partial charge in [-0.2, -0.15) is 4.68 Å². The molecule has 0 N–H and O–H groups in total. The molecule has 25 heavy (non-hydrogen) atoms. The molecule has 0 unspecified atom stereocenters. The standard InChI is InChI=1S/C19H23BrN4O/c1-6-15(7-2)25-16-10-13(5)21-19-17(16)22-23-24(19)18-11(3)8-14(20)9-12(18)4/h8-10,15H,6-7H2,1-5H3. The number of pyridine rings is 1. The van der Waals surface area contributed by atoms with E-state index in [0.717, 1.165) is 51.2 Å². The van der Waals surface area contributed by atoms with Crippen LogP contribution in [0.25, 0.3) is 16.9 Å². The van der Waals surface area contributed by atoms with E-state index < -0.39 is 0 Å². The molecule has 3 aromatic rings. The number of hydrogen-bond donors (Lipinski definition) is 0. The Balaban J connectivity index is 2.19. The topological polar surface area (TPSA) is 52.8 Å². The third kappa shape index (κ3) is 3.40. The number of rotatable bonds is 5. The van der Waals surface area contributed by atoms with Crippen molar-refractivity contribution in [2.45, 2.75) is 53.6 Å². The second kappa shape index (κ2) is 7.12. The van der Waals surface area contributed by atoms with Crippen molar-refractivity contribution in [2.24, 2.45) is 0 Å². The number of halogens is 1. The second-order valence-corrected chi connectivity index (χ2v) is 7.30. The molecule has 0 atom stereocenters. The fourth-order valence-electron chi connectivity index (χ4n) is 3.11. The van der Waals surface area contributed by atoms with E-state index in [9.17, 15) is 0 Å². The molecule has 0 saturated carbocycles. The van der Waals surface area contributed by atoms with Gasteiger partial charge < -0.3 is 4.74 Å². The maximum absolute atomic E-state index is 6.17. The van der Waals surface area contributed by atoms with Crippen molar-refractivity contribution in [3.05, 3.63) is 39.5 Å². The van der Waals surface area contributed by atoms with Gasteiger partial charge in [-0.15, -0.1) is 5.10 Å². The zero-order valence-electron chi connectivity index (χ0n) is 15.3. The van der Waals surface area contributed by atoms with Gasteiger partial charge in [0.05, 0.1) is 11.8 Å². The molecule has 2 heterocycles. The van der Waals surface area contributed by atoms with Gasteiger partial charge in [-0.25, -0.2) is 4.98 Å². The molecule has 0 spiro atoms. The zero-order valence-corrected chi connectivity index (χ0v) is 16.9. The minimum absolute atomic E-state index is 0.173. The molecule has 0 saturated heterocycles. The number of fused-ring (bicyclic) bond motifs is 1. The van der Waals surface area contributed by atoms with Crippen molar-refractivity contribution in [3.63, 3.8) is 0 Å². The number of ether oxygens (including phenoxy) is 1. The maximum atomic E-state index is 6.17. The summed E-state index contributed by atoms with van der Waals surface area (Å²) in [5.74, 6) is 0.759. The smallest absolute Gasteiger partial charge is 0.187 e. The number of aromatic nitrogens is 4. The van der Waals surface area contributed by atoms with Gasteiger partial charge in [-0.05, 0) is 56.9 Å². The van der Waals surface area contributed by atoms with Crippen LogP contribution in [-0.2, 0) is 0 Å². The molecular weight excluding hydrogens is 380 g/mol. The lowest BCUT2D eigenvalue weighted by atomic mass is 10.1. The third-order valence-corrected chi connectivity index (χ3v) is 4.83. The Morgan fingerprint density at radius 3 is 2.32 bits per heavy atom. The minimum Gasteiger partial charge on any atom is -0.488 e. The molecule has 132 valence electrons. The highest BCUT2D eigenvalue weighted by Crippen LogP contribution is 2.30. The van der Waals surface area contributed by atoms with Gasteiger partial charge in [-0.3, -0.25) is 0 Å². The largest absolute Gasteiger partial charge is 0.488 e. The molecule has 6 heteroatoms. The molecule has 1 aromatic carbocycles. The van der Waals surface area contributed by atoms with E-state index in [1.807, 2.05) is 17.7 Å². The molecule has 0 aliphatic heterocycles. The molecule has 0 radical (unpaired) electrons. The highest BCUT2D eigenvalue weighted by atomic mass is 79.9. The van der Waals surface area contributed by atoms with Crippen LogP contribution in [-0.4, -0.2) is 26.1 Å². The van der Waals surface area contributed by atoms with Gasteiger partial charge in [0.15, 0.2) is 16.9 Å². The Labute approximate surface area is 156 Å². The van der Waals surface area contributed by atoms with Crippen LogP contribution in [0.15, 0.2) is 22.7 Å². The van der Waals surface area contributed by atoms with Gasteiger partial charge in [0, 0.05) is 16.2 Å². The first-order valence-corrected chi connectivity index (χ1v) is 9.40. The monoisotopic (exact) mass is 402 g/mol. The summed E-state index contributed by atoms with van der Waals surface area (Å²) in [6.45, 7) is 10.4. The van der Waals surface area contributed by atoms with Gasteiger partial charge in [0.1, 0.15) is 0 Å². The van der Waals surface area contributed by atoms with Crippen molar-refractivity contribution in [2.75, 3.05) is 0 Å². The number of benzene rings is 1.